The molecule has 0 aromatic heterocycles. The maximum atomic E-state index is 10.2. The molecule has 0 saturated heterocycles. The van der Waals surface area contributed by atoms with Crippen molar-refractivity contribution in [1.82, 2.24) is 5.32 Å². The number of aryl methyl sites for hydroxylation is 1. The van der Waals surface area contributed by atoms with Crippen LogP contribution in [-0.4, -0.2) is 17.7 Å². The summed E-state index contributed by atoms with van der Waals surface area (Å²) in [5.41, 5.74) is 2.22. The van der Waals surface area contributed by atoms with Gasteiger partial charge < -0.3 is 10.4 Å². The lowest BCUT2D eigenvalue weighted by Gasteiger charge is -2.22. The minimum Gasteiger partial charge on any atom is -0.387 e. The standard InChI is InChI=1S/C16H25NO/c1-12-6-5-9-15(10-12)16(18)11-17-13(2)14-7-3-4-8-14/h5-6,9-10,13-14,16-18H,3-4,7-8,11H2,1-2H3. The Morgan fingerprint density at radius 1 is 1.33 bits per heavy atom. The first-order chi connectivity index (χ1) is 8.66. The fourth-order valence-electron chi connectivity index (χ4n) is 2.92. The third-order valence-corrected chi connectivity index (χ3v) is 4.17. The largest absolute Gasteiger partial charge is 0.387 e. The molecule has 1 aromatic carbocycles. The van der Waals surface area contributed by atoms with Crippen molar-refractivity contribution in [3.63, 3.8) is 0 Å². The molecule has 2 unspecified atom stereocenters. The molecule has 18 heavy (non-hydrogen) atoms. The molecule has 1 fully saturated rings. The van der Waals surface area contributed by atoms with Crippen molar-refractivity contribution >= 4 is 0 Å². The average molecular weight is 247 g/mol. The monoisotopic (exact) mass is 247 g/mol. The van der Waals surface area contributed by atoms with E-state index in [-0.39, 0.29) is 0 Å². The van der Waals surface area contributed by atoms with Gasteiger partial charge in [-0.2, -0.15) is 0 Å². The van der Waals surface area contributed by atoms with Gasteiger partial charge in [-0.1, -0.05) is 42.7 Å². The highest BCUT2D eigenvalue weighted by Gasteiger charge is 2.21. The van der Waals surface area contributed by atoms with Gasteiger partial charge >= 0.3 is 0 Å². The summed E-state index contributed by atoms with van der Waals surface area (Å²) in [7, 11) is 0. The molecule has 1 saturated carbocycles. The zero-order chi connectivity index (χ0) is 13.0. The third kappa shape index (κ3) is 3.56. The normalized spacial score (nSPS) is 19.9. The van der Waals surface area contributed by atoms with Crippen LogP contribution in [0.15, 0.2) is 24.3 Å². The number of benzene rings is 1. The molecule has 2 heteroatoms. The van der Waals surface area contributed by atoms with Crippen LogP contribution in [0.1, 0.15) is 49.8 Å². The quantitative estimate of drug-likeness (QED) is 0.837. The number of rotatable bonds is 5. The Bertz CT molecular complexity index is 371. The lowest BCUT2D eigenvalue weighted by Crippen LogP contribution is -2.35. The average Bonchev–Trinajstić information content (AvgIpc) is 2.89. The van der Waals surface area contributed by atoms with Crippen LogP contribution in [0.4, 0.5) is 0 Å². The number of hydrogen-bond acceptors (Lipinski definition) is 2. The summed E-state index contributed by atoms with van der Waals surface area (Å²) in [5, 5.41) is 13.7. The lowest BCUT2D eigenvalue weighted by atomic mass is 9.99. The van der Waals surface area contributed by atoms with Crippen LogP contribution in [0.5, 0.6) is 0 Å². The van der Waals surface area contributed by atoms with Crippen LogP contribution in [0.3, 0.4) is 0 Å². The Morgan fingerprint density at radius 3 is 2.72 bits per heavy atom. The SMILES string of the molecule is Cc1cccc(C(O)CNC(C)C2CCCC2)c1. The van der Waals surface area contributed by atoms with E-state index in [1.165, 1.54) is 31.2 Å². The van der Waals surface area contributed by atoms with Gasteiger partial charge in [0.05, 0.1) is 6.10 Å². The van der Waals surface area contributed by atoms with Gasteiger partial charge in [0, 0.05) is 12.6 Å². The van der Waals surface area contributed by atoms with E-state index < -0.39 is 6.10 Å². The summed E-state index contributed by atoms with van der Waals surface area (Å²) in [4.78, 5) is 0. The Hall–Kier alpha value is -0.860. The van der Waals surface area contributed by atoms with Crippen LogP contribution in [0, 0.1) is 12.8 Å². The number of nitrogens with one attached hydrogen (secondary N) is 1. The zero-order valence-corrected chi connectivity index (χ0v) is 11.5. The van der Waals surface area contributed by atoms with Gasteiger partial charge in [0.25, 0.3) is 0 Å². The van der Waals surface area contributed by atoms with Gasteiger partial charge in [0.15, 0.2) is 0 Å². The second-order valence-electron chi connectivity index (χ2n) is 5.67. The van der Waals surface area contributed by atoms with Crippen LogP contribution >= 0.6 is 0 Å². The van der Waals surface area contributed by atoms with Gasteiger partial charge in [-0.05, 0) is 38.2 Å². The number of aliphatic hydroxyl groups is 1. The topological polar surface area (TPSA) is 32.3 Å². The molecular weight excluding hydrogens is 222 g/mol. The van der Waals surface area contributed by atoms with Crippen molar-refractivity contribution in [2.75, 3.05) is 6.54 Å². The van der Waals surface area contributed by atoms with Crippen LogP contribution in [-0.2, 0) is 0 Å². The molecule has 0 aliphatic heterocycles. The van der Waals surface area contributed by atoms with Gasteiger partial charge in [-0.25, -0.2) is 0 Å². The highest BCUT2D eigenvalue weighted by Crippen LogP contribution is 2.27. The lowest BCUT2D eigenvalue weighted by molar-refractivity contribution is 0.165. The molecule has 2 rings (SSSR count). The summed E-state index contributed by atoms with van der Waals surface area (Å²) >= 11 is 0. The van der Waals surface area contributed by atoms with E-state index in [4.69, 9.17) is 0 Å². The van der Waals surface area contributed by atoms with Crippen LogP contribution in [0.25, 0.3) is 0 Å². The Labute approximate surface area is 110 Å². The summed E-state index contributed by atoms with van der Waals surface area (Å²) in [6.45, 7) is 4.96. The van der Waals surface area contributed by atoms with Crippen molar-refractivity contribution in [2.24, 2.45) is 5.92 Å². The zero-order valence-electron chi connectivity index (χ0n) is 11.5. The number of hydrogen-bond donors (Lipinski definition) is 2. The Morgan fingerprint density at radius 2 is 2.06 bits per heavy atom. The van der Waals surface area contributed by atoms with Crippen molar-refractivity contribution in [2.45, 2.75) is 51.7 Å². The number of aliphatic hydroxyl groups excluding tert-OH is 1. The maximum absolute atomic E-state index is 10.2. The molecule has 2 atom stereocenters. The van der Waals surface area contributed by atoms with Gasteiger partial charge in [0.1, 0.15) is 0 Å². The fraction of sp³-hybridized carbons (Fsp3) is 0.625. The first kappa shape index (κ1) is 13.6. The summed E-state index contributed by atoms with van der Waals surface area (Å²) < 4.78 is 0. The molecule has 100 valence electrons. The second kappa shape index (κ2) is 6.35. The third-order valence-electron chi connectivity index (χ3n) is 4.17. The van der Waals surface area contributed by atoms with E-state index >= 15 is 0 Å². The Balaban J connectivity index is 1.82. The van der Waals surface area contributed by atoms with Crippen molar-refractivity contribution < 1.29 is 5.11 Å². The van der Waals surface area contributed by atoms with E-state index in [1.807, 2.05) is 12.1 Å². The molecule has 0 spiro atoms. The van der Waals surface area contributed by atoms with E-state index in [9.17, 15) is 5.11 Å². The smallest absolute Gasteiger partial charge is 0.0914 e. The van der Waals surface area contributed by atoms with Gasteiger partial charge in [0.2, 0.25) is 0 Å². The van der Waals surface area contributed by atoms with E-state index in [1.54, 1.807) is 0 Å². The van der Waals surface area contributed by atoms with E-state index in [0.29, 0.717) is 12.6 Å². The minimum atomic E-state index is -0.395. The fourth-order valence-corrected chi connectivity index (χ4v) is 2.92. The predicted octanol–water partition coefficient (Wildman–Crippen LogP) is 3.20. The summed E-state index contributed by atoms with van der Waals surface area (Å²) in [5.74, 6) is 0.801. The van der Waals surface area contributed by atoms with Gasteiger partial charge in [-0.15, -0.1) is 0 Å². The molecular formula is C16H25NO. The molecule has 1 aliphatic carbocycles. The van der Waals surface area contributed by atoms with Crippen molar-refractivity contribution in [3.8, 4) is 0 Å². The first-order valence-corrected chi connectivity index (χ1v) is 7.15. The van der Waals surface area contributed by atoms with E-state index in [0.717, 1.165) is 11.5 Å². The molecule has 0 amide bonds. The molecule has 2 nitrogen and oxygen atoms in total. The second-order valence-corrected chi connectivity index (χ2v) is 5.67. The molecule has 2 N–H and O–H groups in total. The summed E-state index contributed by atoms with van der Waals surface area (Å²) in [6.07, 6.45) is 5.03. The van der Waals surface area contributed by atoms with Crippen LogP contribution < -0.4 is 5.32 Å². The molecule has 0 radical (unpaired) electrons. The minimum absolute atomic E-state index is 0.395. The molecule has 1 aromatic rings. The van der Waals surface area contributed by atoms with E-state index in [2.05, 4.69) is 31.3 Å². The maximum Gasteiger partial charge on any atom is 0.0914 e. The van der Waals surface area contributed by atoms with Crippen molar-refractivity contribution in [1.29, 1.82) is 0 Å². The Kier molecular flexibility index (Phi) is 4.79. The first-order valence-electron chi connectivity index (χ1n) is 7.15. The van der Waals surface area contributed by atoms with Crippen molar-refractivity contribution in [3.05, 3.63) is 35.4 Å². The molecule has 1 aliphatic rings. The predicted molar refractivity (Wildman–Crippen MR) is 75.6 cm³/mol. The highest BCUT2D eigenvalue weighted by molar-refractivity contribution is 5.24. The summed E-state index contributed by atoms with van der Waals surface area (Å²) in [6, 6.07) is 8.65. The van der Waals surface area contributed by atoms with Crippen LogP contribution in [0.2, 0.25) is 0 Å². The molecule has 0 heterocycles. The van der Waals surface area contributed by atoms with Gasteiger partial charge in [-0.3, -0.25) is 0 Å². The molecule has 0 bridgehead atoms. The highest BCUT2D eigenvalue weighted by atomic mass is 16.3.